The van der Waals surface area contributed by atoms with Crippen molar-refractivity contribution < 1.29 is 9.90 Å². The molecule has 0 saturated heterocycles. The van der Waals surface area contributed by atoms with Gasteiger partial charge in [0.1, 0.15) is 0 Å². The van der Waals surface area contributed by atoms with E-state index < -0.39 is 5.97 Å². The first-order chi connectivity index (χ1) is 5.91. The maximum absolute atomic E-state index is 10.8. The average Bonchev–Trinajstić information content (AvgIpc) is 2.53. The van der Waals surface area contributed by atoms with Crippen molar-refractivity contribution in [1.82, 2.24) is 0 Å². The molecule has 0 radical (unpaired) electrons. The summed E-state index contributed by atoms with van der Waals surface area (Å²) in [5, 5.41) is 8.89. The van der Waals surface area contributed by atoms with Crippen molar-refractivity contribution in [3.63, 3.8) is 0 Å². The van der Waals surface area contributed by atoms with Crippen molar-refractivity contribution in [1.29, 1.82) is 0 Å². The van der Waals surface area contributed by atoms with Crippen molar-refractivity contribution in [3.05, 3.63) is 24.3 Å². The molecule has 0 aromatic carbocycles. The molecule has 1 saturated carbocycles. The summed E-state index contributed by atoms with van der Waals surface area (Å²) in [5.41, 5.74) is 0.970. The zero-order valence-corrected chi connectivity index (χ0v) is 8.37. The van der Waals surface area contributed by atoms with E-state index in [0.29, 0.717) is 0 Å². The Morgan fingerprint density at radius 1 is 1.54 bits per heavy atom. The molecule has 1 aliphatic rings. The van der Waals surface area contributed by atoms with Crippen LogP contribution in [0.4, 0.5) is 0 Å². The third-order valence-corrected chi connectivity index (χ3v) is 2.94. The Bertz CT molecular complexity index is 274. The second kappa shape index (κ2) is 3.02. The maximum Gasteiger partial charge on any atom is 0.307 e. The molecule has 0 aromatic rings. The quantitative estimate of drug-likeness (QED) is 0.677. The molecule has 2 atom stereocenters. The van der Waals surface area contributed by atoms with Crippen LogP contribution in [0, 0.1) is 17.3 Å². The van der Waals surface area contributed by atoms with Gasteiger partial charge in [-0.25, -0.2) is 0 Å². The van der Waals surface area contributed by atoms with Crippen LogP contribution < -0.4 is 0 Å². The van der Waals surface area contributed by atoms with Crippen LogP contribution in [0.25, 0.3) is 0 Å². The fourth-order valence-electron chi connectivity index (χ4n) is 1.81. The van der Waals surface area contributed by atoms with Gasteiger partial charge in [-0.2, -0.15) is 0 Å². The lowest BCUT2D eigenvalue weighted by Gasteiger charge is -1.97. The third kappa shape index (κ3) is 1.67. The van der Waals surface area contributed by atoms with Crippen molar-refractivity contribution in [2.45, 2.75) is 20.8 Å². The molecular weight excluding hydrogens is 164 g/mol. The van der Waals surface area contributed by atoms with Gasteiger partial charge in [0.2, 0.25) is 0 Å². The molecular formula is C11H16O2. The summed E-state index contributed by atoms with van der Waals surface area (Å²) in [6.45, 7) is 9.57. The molecule has 2 nitrogen and oxygen atoms in total. The number of carboxylic acids is 1. The van der Waals surface area contributed by atoms with Gasteiger partial charge in [0.05, 0.1) is 5.92 Å². The normalized spacial score (nSPS) is 31.2. The van der Waals surface area contributed by atoms with Crippen LogP contribution in [0.15, 0.2) is 24.3 Å². The molecule has 0 aromatic heterocycles. The van der Waals surface area contributed by atoms with E-state index in [1.807, 2.05) is 26.8 Å². The first kappa shape index (κ1) is 10.0. The lowest BCUT2D eigenvalue weighted by atomic mass is 10.1. The van der Waals surface area contributed by atoms with Crippen molar-refractivity contribution in [3.8, 4) is 0 Å². The summed E-state index contributed by atoms with van der Waals surface area (Å²) in [4.78, 5) is 10.8. The monoisotopic (exact) mass is 180 g/mol. The fourth-order valence-corrected chi connectivity index (χ4v) is 1.81. The minimum Gasteiger partial charge on any atom is -0.481 e. The average molecular weight is 180 g/mol. The SMILES string of the molecule is C=CC(C)=CC1C(C(=O)O)C1(C)C. The van der Waals surface area contributed by atoms with Gasteiger partial charge < -0.3 is 5.11 Å². The van der Waals surface area contributed by atoms with Gasteiger partial charge in [0.15, 0.2) is 0 Å². The Kier molecular flexibility index (Phi) is 2.33. The molecule has 0 amide bonds. The number of allylic oxidation sites excluding steroid dienone is 3. The molecule has 1 N–H and O–H groups in total. The molecule has 1 fully saturated rings. The Hall–Kier alpha value is -1.05. The predicted molar refractivity (Wildman–Crippen MR) is 52.4 cm³/mol. The van der Waals surface area contributed by atoms with Crippen LogP contribution in [-0.2, 0) is 4.79 Å². The Labute approximate surface area is 79.0 Å². The summed E-state index contributed by atoms with van der Waals surface area (Å²) in [7, 11) is 0. The second-order valence-electron chi connectivity index (χ2n) is 4.28. The van der Waals surface area contributed by atoms with Gasteiger partial charge in [0, 0.05) is 0 Å². The van der Waals surface area contributed by atoms with E-state index in [-0.39, 0.29) is 17.3 Å². The van der Waals surface area contributed by atoms with Crippen molar-refractivity contribution in [2.75, 3.05) is 0 Å². The highest BCUT2D eigenvalue weighted by molar-refractivity contribution is 5.76. The number of hydrogen-bond donors (Lipinski definition) is 1. The number of hydrogen-bond acceptors (Lipinski definition) is 1. The van der Waals surface area contributed by atoms with E-state index in [1.54, 1.807) is 6.08 Å². The molecule has 72 valence electrons. The van der Waals surface area contributed by atoms with E-state index in [2.05, 4.69) is 6.58 Å². The Morgan fingerprint density at radius 3 is 2.38 bits per heavy atom. The van der Waals surface area contributed by atoms with Crippen LogP contribution in [0.1, 0.15) is 20.8 Å². The predicted octanol–water partition coefficient (Wildman–Crippen LogP) is 2.48. The molecule has 0 heterocycles. The molecule has 1 rings (SSSR count). The standard InChI is InChI=1S/C11H16O2/c1-5-7(2)6-8-9(10(12)13)11(8,3)4/h5-6,8-9H,1H2,2-4H3,(H,12,13). The number of carbonyl (C=O) groups is 1. The van der Waals surface area contributed by atoms with E-state index >= 15 is 0 Å². The minimum atomic E-state index is -0.692. The lowest BCUT2D eigenvalue weighted by molar-refractivity contribution is -0.139. The van der Waals surface area contributed by atoms with Gasteiger partial charge in [-0.3, -0.25) is 4.79 Å². The zero-order valence-electron chi connectivity index (χ0n) is 8.37. The van der Waals surface area contributed by atoms with Crippen LogP contribution in [0.2, 0.25) is 0 Å². The van der Waals surface area contributed by atoms with E-state index in [4.69, 9.17) is 5.11 Å². The Balaban J connectivity index is 2.77. The van der Waals surface area contributed by atoms with E-state index in [0.717, 1.165) is 5.57 Å². The van der Waals surface area contributed by atoms with E-state index in [9.17, 15) is 4.79 Å². The number of carboxylic acid groups (broad SMARTS) is 1. The van der Waals surface area contributed by atoms with Crippen LogP contribution in [-0.4, -0.2) is 11.1 Å². The van der Waals surface area contributed by atoms with Gasteiger partial charge in [-0.05, 0) is 18.3 Å². The summed E-state index contributed by atoms with van der Waals surface area (Å²) in [6.07, 6.45) is 3.76. The second-order valence-corrected chi connectivity index (χ2v) is 4.28. The van der Waals surface area contributed by atoms with Crippen LogP contribution >= 0.6 is 0 Å². The fraction of sp³-hybridized carbons (Fsp3) is 0.545. The third-order valence-electron chi connectivity index (χ3n) is 2.94. The summed E-state index contributed by atoms with van der Waals surface area (Å²) in [5.74, 6) is -0.742. The first-order valence-electron chi connectivity index (χ1n) is 4.45. The van der Waals surface area contributed by atoms with Gasteiger partial charge in [-0.1, -0.05) is 38.2 Å². The van der Waals surface area contributed by atoms with Crippen molar-refractivity contribution in [2.24, 2.45) is 17.3 Å². The molecule has 0 aliphatic heterocycles. The summed E-state index contributed by atoms with van der Waals surface area (Å²) < 4.78 is 0. The minimum absolute atomic E-state index is 0.0872. The van der Waals surface area contributed by atoms with Gasteiger partial charge in [-0.15, -0.1) is 0 Å². The highest BCUT2D eigenvalue weighted by Gasteiger charge is 2.60. The Morgan fingerprint density at radius 2 is 2.08 bits per heavy atom. The van der Waals surface area contributed by atoms with E-state index in [1.165, 1.54) is 0 Å². The number of rotatable bonds is 3. The van der Waals surface area contributed by atoms with Crippen molar-refractivity contribution >= 4 is 5.97 Å². The summed E-state index contributed by atoms with van der Waals surface area (Å²) >= 11 is 0. The molecule has 2 heteroatoms. The van der Waals surface area contributed by atoms with Crippen LogP contribution in [0.5, 0.6) is 0 Å². The number of aliphatic carboxylic acids is 1. The van der Waals surface area contributed by atoms with Gasteiger partial charge >= 0.3 is 5.97 Å². The highest BCUT2D eigenvalue weighted by atomic mass is 16.4. The molecule has 1 aliphatic carbocycles. The molecule has 0 spiro atoms. The molecule has 13 heavy (non-hydrogen) atoms. The van der Waals surface area contributed by atoms with Gasteiger partial charge in [0.25, 0.3) is 0 Å². The largest absolute Gasteiger partial charge is 0.481 e. The smallest absolute Gasteiger partial charge is 0.307 e. The zero-order chi connectivity index (χ0) is 10.2. The maximum atomic E-state index is 10.8. The lowest BCUT2D eigenvalue weighted by Crippen LogP contribution is -2.02. The first-order valence-corrected chi connectivity index (χ1v) is 4.45. The summed E-state index contributed by atoms with van der Waals surface area (Å²) in [6, 6.07) is 0. The molecule has 0 bridgehead atoms. The topological polar surface area (TPSA) is 37.3 Å². The molecule has 2 unspecified atom stereocenters. The highest BCUT2D eigenvalue weighted by Crippen LogP contribution is 2.59. The van der Waals surface area contributed by atoms with Crippen LogP contribution in [0.3, 0.4) is 0 Å².